The average Bonchev–Trinajstić information content (AvgIpc) is 2.11. The molecule has 0 rings (SSSR count). The normalized spacial score (nSPS) is 14.6. The summed E-state index contributed by atoms with van der Waals surface area (Å²) in [5.41, 5.74) is -0.477. The summed E-state index contributed by atoms with van der Waals surface area (Å²) in [6, 6.07) is 0. The molecule has 3 nitrogen and oxygen atoms in total. The molecule has 0 aromatic heterocycles. The zero-order valence-electron chi connectivity index (χ0n) is 7.25. The second kappa shape index (κ2) is 5.18. The number of allylic oxidation sites excluding steroid dienone is 5. The molecular weight excluding hydrogens is 180 g/mol. The third-order valence-corrected chi connectivity index (χ3v) is 1.26. The summed E-state index contributed by atoms with van der Waals surface area (Å²) < 4.78 is 25.1. The molecule has 0 saturated heterocycles. The van der Waals surface area contributed by atoms with Gasteiger partial charge in [0.25, 0.3) is 5.70 Å². The Balaban J connectivity index is 4.84. The molecule has 13 heavy (non-hydrogen) atoms. The maximum absolute atomic E-state index is 12.7. The van der Waals surface area contributed by atoms with Crippen LogP contribution >= 0.6 is 0 Å². The molecule has 0 fully saturated rings. The minimum Gasteiger partial charge on any atom is -0.258 e. The van der Waals surface area contributed by atoms with E-state index in [1.807, 2.05) is 0 Å². The van der Waals surface area contributed by atoms with Crippen LogP contribution in [0, 0.1) is 10.1 Å². The number of hydrogen-bond acceptors (Lipinski definition) is 2. The van der Waals surface area contributed by atoms with Gasteiger partial charge in [-0.2, -0.15) is 0 Å². The van der Waals surface area contributed by atoms with Gasteiger partial charge in [-0.05, 0) is 26.0 Å². The summed E-state index contributed by atoms with van der Waals surface area (Å²) in [5.74, 6) is -2.35. The van der Waals surface area contributed by atoms with E-state index in [0.717, 1.165) is 12.2 Å². The Morgan fingerprint density at radius 2 is 1.77 bits per heavy atom. The molecule has 5 heteroatoms. The molecule has 0 unspecified atom stereocenters. The van der Waals surface area contributed by atoms with Crippen LogP contribution in [0.2, 0.25) is 0 Å². The van der Waals surface area contributed by atoms with E-state index in [1.165, 1.54) is 13.8 Å². The van der Waals surface area contributed by atoms with E-state index >= 15 is 0 Å². The molecule has 0 radical (unpaired) electrons. The quantitative estimate of drug-likeness (QED) is 0.389. The zero-order chi connectivity index (χ0) is 10.4. The van der Waals surface area contributed by atoms with Gasteiger partial charge >= 0.3 is 0 Å². The molecule has 0 saturated carbocycles. The van der Waals surface area contributed by atoms with Crippen LogP contribution < -0.4 is 0 Å². The standard InChI is InChI=1S/C8H9F2NO2/c1-3-6(11(12)13)5-8(10)7(9)4-2/h3-5H,1-2H3/b6-3+,7-4+,8-5+. The van der Waals surface area contributed by atoms with Gasteiger partial charge in [0.05, 0.1) is 11.0 Å². The lowest BCUT2D eigenvalue weighted by Gasteiger charge is -1.91. The largest absolute Gasteiger partial charge is 0.268 e. The maximum atomic E-state index is 12.7. The second-order valence-corrected chi connectivity index (χ2v) is 2.10. The van der Waals surface area contributed by atoms with Gasteiger partial charge in [0.2, 0.25) is 0 Å². The van der Waals surface area contributed by atoms with Crippen LogP contribution in [-0.4, -0.2) is 4.92 Å². The van der Waals surface area contributed by atoms with E-state index in [-0.39, 0.29) is 0 Å². The van der Waals surface area contributed by atoms with E-state index in [2.05, 4.69) is 0 Å². The van der Waals surface area contributed by atoms with Gasteiger partial charge in [0.1, 0.15) is 0 Å². The fraction of sp³-hybridized carbons (Fsp3) is 0.250. The predicted octanol–water partition coefficient (Wildman–Crippen LogP) is 2.89. The zero-order valence-corrected chi connectivity index (χ0v) is 7.25. The van der Waals surface area contributed by atoms with Crippen molar-refractivity contribution in [1.82, 2.24) is 0 Å². The van der Waals surface area contributed by atoms with Crippen LogP contribution in [0.5, 0.6) is 0 Å². The number of nitrogens with zero attached hydrogens (tertiary/aromatic N) is 1. The number of hydrogen-bond donors (Lipinski definition) is 0. The molecule has 0 aromatic rings. The van der Waals surface area contributed by atoms with E-state index in [1.54, 1.807) is 0 Å². The molecule has 72 valence electrons. The summed E-state index contributed by atoms with van der Waals surface area (Å²) >= 11 is 0. The van der Waals surface area contributed by atoms with E-state index in [0.29, 0.717) is 6.08 Å². The molecule has 0 bridgehead atoms. The lowest BCUT2D eigenvalue weighted by molar-refractivity contribution is -0.419. The first-order valence-corrected chi connectivity index (χ1v) is 3.53. The Bertz CT molecular complexity index is 293. The lowest BCUT2D eigenvalue weighted by atomic mass is 10.3. The SMILES string of the molecule is C\C=C(F)/C(F)=C\C(=C/C)[N+](=O)[O-]. The molecular formula is C8H9F2NO2. The minimum absolute atomic E-state index is 0.477. The van der Waals surface area contributed by atoms with Crippen molar-refractivity contribution in [2.45, 2.75) is 13.8 Å². The monoisotopic (exact) mass is 189 g/mol. The first kappa shape index (κ1) is 11.5. The van der Waals surface area contributed by atoms with Gasteiger partial charge in [-0.15, -0.1) is 0 Å². The topological polar surface area (TPSA) is 43.1 Å². The Kier molecular flexibility index (Phi) is 4.58. The van der Waals surface area contributed by atoms with Crippen LogP contribution in [0.4, 0.5) is 8.78 Å². The lowest BCUT2D eigenvalue weighted by Crippen LogP contribution is -1.95. The van der Waals surface area contributed by atoms with Crippen molar-refractivity contribution in [2.24, 2.45) is 0 Å². The second-order valence-electron chi connectivity index (χ2n) is 2.10. The van der Waals surface area contributed by atoms with Crippen molar-refractivity contribution in [1.29, 1.82) is 0 Å². The first-order valence-electron chi connectivity index (χ1n) is 3.53. The van der Waals surface area contributed by atoms with E-state index in [4.69, 9.17) is 0 Å². The van der Waals surface area contributed by atoms with Crippen LogP contribution in [0.3, 0.4) is 0 Å². The Hall–Kier alpha value is -1.52. The Morgan fingerprint density at radius 1 is 1.23 bits per heavy atom. The highest BCUT2D eigenvalue weighted by atomic mass is 19.2. The van der Waals surface area contributed by atoms with Gasteiger partial charge in [-0.3, -0.25) is 10.1 Å². The van der Waals surface area contributed by atoms with Gasteiger partial charge < -0.3 is 0 Å². The highest BCUT2D eigenvalue weighted by Crippen LogP contribution is 2.15. The Morgan fingerprint density at radius 3 is 2.08 bits per heavy atom. The van der Waals surface area contributed by atoms with Crippen molar-refractivity contribution >= 4 is 0 Å². The molecule has 0 heterocycles. The molecule has 0 aliphatic carbocycles. The van der Waals surface area contributed by atoms with Crippen molar-refractivity contribution in [2.75, 3.05) is 0 Å². The average molecular weight is 189 g/mol. The minimum atomic E-state index is -1.24. The molecule has 0 N–H and O–H groups in total. The van der Waals surface area contributed by atoms with Gasteiger partial charge in [-0.1, -0.05) is 0 Å². The molecule has 0 aromatic carbocycles. The van der Waals surface area contributed by atoms with Crippen LogP contribution in [0.25, 0.3) is 0 Å². The highest BCUT2D eigenvalue weighted by Gasteiger charge is 2.09. The number of nitro groups is 1. The number of halogens is 2. The van der Waals surface area contributed by atoms with Crippen molar-refractivity contribution in [3.8, 4) is 0 Å². The fourth-order valence-corrected chi connectivity index (χ4v) is 0.578. The molecule has 0 aliphatic rings. The summed E-state index contributed by atoms with van der Waals surface area (Å²) in [6.07, 6.45) is 2.51. The van der Waals surface area contributed by atoms with Gasteiger partial charge in [0, 0.05) is 0 Å². The fourth-order valence-electron chi connectivity index (χ4n) is 0.578. The van der Waals surface area contributed by atoms with E-state index in [9.17, 15) is 18.9 Å². The summed E-state index contributed by atoms with van der Waals surface area (Å²) in [5, 5.41) is 10.2. The van der Waals surface area contributed by atoms with Gasteiger partial charge in [0.15, 0.2) is 11.7 Å². The maximum Gasteiger partial charge on any atom is 0.268 e. The summed E-state index contributed by atoms with van der Waals surface area (Å²) in [6.45, 7) is 2.67. The molecule has 0 atom stereocenters. The molecule has 0 amide bonds. The van der Waals surface area contributed by atoms with Crippen LogP contribution in [-0.2, 0) is 0 Å². The third kappa shape index (κ3) is 3.59. The summed E-state index contributed by atoms with van der Waals surface area (Å²) in [7, 11) is 0. The van der Waals surface area contributed by atoms with Crippen LogP contribution in [0.1, 0.15) is 13.8 Å². The predicted molar refractivity (Wildman–Crippen MR) is 44.8 cm³/mol. The van der Waals surface area contributed by atoms with Crippen LogP contribution in [0.15, 0.2) is 35.6 Å². The summed E-state index contributed by atoms with van der Waals surface area (Å²) in [4.78, 5) is 9.37. The molecule has 0 spiro atoms. The Labute approximate surface area is 74.2 Å². The molecule has 0 aliphatic heterocycles. The highest BCUT2D eigenvalue weighted by molar-refractivity contribution is 5.25. The third-order valence-electron chi connectivity index (χ3n) is 1.26. The number of rotatable bonds is 3. The van der Waals surface area contributed by atoms with Gasteiger partial charge in [-0.25, -0.2) is 8.78 Å². The van der Waals surface area contributed by atoms with E-state index < -0.39 is 22.3 Å². The smallest absolute Gasteiger partial charge is 0.258 e. The van der Waals surface area contributed by atoms with Crippen molar-refractivity contribution in [3.63, 3.8) is 0 Å². The van der Waals surface area contributed by atoms with Crippen molar-refractivity contribution < 1.29 is 13.7 Å². The van der Waals surface area contributed by atoms with Crippen molar-refractivity contribution in [3.05, 3.63) is 45.7 Å². The first-order chi connectivity index (χ1) is 6.02.